The monoisotopic (exact) mass is 367 g/mol. The zero-order valence-electron chi connectivity index (χ0n) is 14.3. The Morgan fingerprint density at radius 2 is 1.96 bits per heavy atom. The summed E-state index contributed by atoms with van der Waals surface area (Å²) in [6.07, 6.45) is 0. The number of fused-ring (bicyclic) bond motifs is 1. The summed E-state index contributed by atoms with van der Waals surface area (Å²) in [6.45, 7) is 3.20. The van der Waals surface area contributed by atoms with Crippen molar-refractivity contribution in [3.05, 3.63) is 57.9 Å². The first-order valence-corrected chi connectivity index (χ1v) is 9.08. The van der Waals surface area contributed by atoms with E-state index in [2.05, 4.69) is 10.3 Å². The molecule has 1 atom stereocenters. The number of urea groups is 1. The number of carbonyl (C=O) groups is 3. The van der Waals surface area contributed by atoms with Crippen LogP contribution in [0, 0.1) is 6.92 Å². The van der Waals surface area contributed by atoms with Gasteiger partial charge in [-0.05, 0) is 31.4 Å². The number of benzene rings is 1. The number of H-pyrrole nitrogens is 1. The second-order valence-corrected chi connectivity index (χ2v) is 7.47. The van der Waals surface area contributed by atoms with Gasteiger partial charge in [0.25, 0.3) is 5.91 Å². The fourth-order valence-electron chi connectivity index (χ4n) is 3.43. The molecular formula is C19H17N3O3S. The van der Waals surface area contributed by atoms with Crippen molar-refractivity contribution in [2.24, 2.45) is 0 Å². The van der Waals surface area contributed by atoms with Gasteiger partial charge < -0.3 is 10.3 Å². The number of aromatic nitrogens is 1. The van der Waals surface area contributed by atoms with Crippen LogP contribution in [0.25, 0.3) is 10.9 Å². The minimum atomic E-state index is -1.12. The number of amides is 3. The molecule has 4 rings (SSSR count). The number of thiophene rings is 1. The zero-order chi connectivity index (χ0) is 18.5. The number of nitrogens with one attached hydrogen (secondary N) is 2. The Labute approximate surface area is 153 Å². The van der Waals surface area contributed by atoms with E-state index in [1.165, 1.54) is 11.3 Å². The first-order chi connectivity index (χ1) is 12.4. The van der Waals surface area contributed by atoms with Crippen molar-refractivity contribution < 1.29 is 14.4 Å². The molecule has 0 bridgehead atoms. The highest BCUT2D eigenvalue weighted by Gasteiger charge is 2.50. The van der Waals surface area contributed by atoms with E-state index in [1.54, 1.807) is 13.0 Å². The molecule has 1 aliphatic heterocycles. The van der Waals surface area contributed by atoms with Crippen molar-refractivity contribution >= 4 is 40.0 Å². The number of hydrogen-bond acceptors (Lipinski definition) is 4. The summed E-state index contributed by atoms with van der Waals surface area (Å²) in [6, 6.07) is 10.6. The minimum Gasteiger partial charge on any atom is -0.358 e. The van der Waals surface area contributed by atoms with E-state index in [0.29, 0.717) is 5.56 Å². The molecule has 0 saturated carbocycles. The molecule has 2 aromatic heterocycles. The maximum atomic E-state index is 12.9. The number of aromatic amines is 1. The maximum Gasteiger partial charge on any atom is 0.325 e. The lowest BCUT2D eigenvalue weighted by atomic mass is 10.00. The molecule has 3 amide bonds. The first-order valence-electron chi connectivity index (χ1n) is 8.20. The number of para-hydroxylation sites is 1. The lowest BCUT2D eigenvalue weighted by Gasteiger charge is -2.19. The van der Waals surface area contributed by atoms with Crippen LogP contribution in [-0.4, -0.2) is 34.2 Å². The van der Waals surface area contributed by atoms with Crippen molar-refractivity contribution in [3.63, 3.8) is 0 Å². The Kier molecular flexibility index (Phi) is 3.69. The van der Waals surface area contributed by atoms with Crippen LogP contribution >= 0.6 is 11.3 Å². The maximum absolute atomic E-state index is 12.9. The highest BCUT2D eigenvalue weighted by molar-refractivity contribution is 7.10. The van der Waals surface area contributed by atoms with Crippen molar-refractivity contribution in [3.8, 4) is 0 Å². The van der Waals surface area contributed by atoms with E-state index in [9.17, 15) is 14.4 Å². The SMILES string of the molecule is Cc1[nH]c2ccccc2c1C(=O)CN1C(=O)NC(C)(c2cccs2)C1=O. The van der Waals surface area contributed by atoms with Crippen LogP contribution in [0.3, 0.4) is 0 Å². The van der Waals surface area contributed by atoms with Crippen LogP contribution in [0.1, 0.15) is 27.9 Å². The standard InChI is InChI=1S/C19H17N3O3S/c1-11-16(12-6-3-4-7-13(12)20-11)14(23)10-22-17(24)19(2,21-18(22)25)15-8-5-9-26-15/h3-9,20H,10H2,1-2H3,(H,21,25). The van der Waals surface area contributed by atoms with Gasteiger partial charge in [0.15, 0.2) is 11.3 Å². The molecule has 3 heterocycles. The molecule has 7 heteroatoms. The quantitative estimate of drug-likeness (QED) is 0.549. The van der Waals surface area contributed by atoms with Gasteiger partial charge in [-0.1, -0.05) is 24.3 Å². The topological polar surface area (TPSA) is 82.3 Å². The number of Topliss-reactive ketones (excluding diaryl/α,β-unsaturated/α-hetero) is 1. The van der Waals surface area contributed by atoms with Gasteiger partial charge in [0.2, 0.25) is 0 Å². The fraction of sp³-hybridized carbons (Fsp3) is 0.211. The number of aryl methyl sites for hydroxylation is 1. The van der Waals surface area contributed by atoms with Crippen LogP contribution in [-0.2, 0) is 10.3 Å². The number of ketones is 1. The van der Waals surface area contributed by atoms with E-state index in [-0.39, 0.29) is 12.3 Å². The molecular weight excluding hydrogens is 350 g/mol. The molecule has 2 N–H and O–H groups in total. The van der Waals surface area contributed by atoms with Crippen molar-refractivity contribution in [1.82, 2.24) is 15.2 Å². The van der Waals surface area contributed by atoms with Crippen molar-refractivity contribution in [2.45, 2.75) is 19.4 Å². The van der Waals surface area contributed by atoms with E-state index >= 15 is 0 Å². The molecule has 6 nitrogen and oxygen atoms in total. The molecule has 1 saturated heterocycles. The molecule has 0 spiro atoms. The smallest absolute Gasteiger partial charge is 0.325 e. The predicted octanol–water partition coefficient (Wildman–Crippen LogP) is 3.19. The highest BCUT2D eigenvalue weighted by Crippen LogP contribution is 2.32. The average molecular weight is 367 g/mol. The number of hydrogen-bond donors (Lipinski definition) is 2. The molecule has 1 unspecified atom stereocenters. The van der Waals surface area contributed by atoms with E-state index in [1.807, 2.05) is 42.6 Å². The van der Waals surface area contributed by atoms with Gasteiger partial charge >= 0.3 is 6.03 Å². The predicted molar refractivity (Wildman–Crippen MR) is 99.3 cm³/mol. The van der Waals surface area contributed by atoms with Crippen molar-refractivity contribution in [2.75, 3.05) is 6.54 Å². The van der Waals surface area contributed by atoms with Crippen LogP contribution < -0.4 is 5.32 Å². The molecule has 1 aliphatic rings. The number of nitrogens with zero attached hydrogens (tertiary/aromatic N) is 1. The third kappa shape index (κ3) is 2.35. The Morgan fingerprint density at radius 3 is 2.69 bits per heavy atom. The van der Waals surface area contributed by atoms with Crippen LogP contribution in [0.5, 0.6) is 0 Å². The van der Waals surface area contributed by atoms with Gasteiger partial charge in [0.1, 0.15) is 0 Å². The van der Waals surface area contributed by atoms with Crippen LogP contribution in [0.2, 0.25) is 0 Å². The van der Waals surface area contributed by atoms with Gasteiger partial charge in [-0.2, -0.15) is 0 Å². The molecule has 1 aromatic carbocycles. The molecule has 1 fully saturated rings. The normalized spacial score (nSPS) is 20.0. The molecule has 132 valence electrons. The summed E-state index contributed by atoms with van der Waals surface area (Å²) in [4.78, 5) is 43.1. The highest BCUT2D eigenvalue weighted by atomic mass is 32.1. The van der Waals surface area contributed by atoms with Gasteiger partial charge in [0, 0.05) is 27.0 Å². The van der Waals surface area contributed by atoms with Crippen LogP contribution in [0.15, 0.2) is 41.8 Å². The molecule has 0 radical (unpaired) electrons. The Hall–Kier alpha value is -2.93. The van der Waals surface area contributed by atoms with Gasteiger partial charge in [-0.15, -0.1) is 11.3 Å². The first kappa shape index (κ1) is 16.5. The summed E-state index contributed by atoms with van der Waals surface area (Å²) in [7, 11) is 0. The van der Waals surface area contributed by atoms with E-state index < -0.39 is 17.5 Å². The molecule has 3 aromatic rings. The summed E-state index contributed by atoms with van der Waals surface area (Å²) >= 11 is 1.40. The summed E-state index contributed by atoms with van der Waals surface area (Å²) in [5.41, 5.74) is 0.977. The van der Waals surface area contributed by atoms with Gasteiger partial charge in [-0.25, -0.2) is 4.79 Å². The Morgan fingerprint density at radius 1 is 1.19 bits per heavy atom. The van der Waals surface area contributed by atoms with Gasteiger partial charge in [0.05, 0.1) is 6.54 Å². The Bertz CT molecular complexity index is 1040. The third-order valence-corrected chi connectivity index (χ3v) is 5.85. The lowest BCUT2D eigenvalue weighted by molar-refractivity contribution is -0.130. The number of rotatable bonds is 4. The summed E-state index contributed by atoms with van der Waals surface area (Å²) in [5.74, 6) is -0.672. The largest absolute Gasteiger partial charge is 0.358 e. The van der Waals surface area contributed by atoms with Gasteiger partial charge in [-0.3, -0.25) is 14.5 Å². The van der Waals surface area contributed by atoms with E-state index in [0.717, 1.165) is 26.4 Å². The zero-order valence-corrected chi connectivity index (χ0v) is 15.1. The minimum absolute atomic E-state index is 0.265. The average Bonchev–Trinajstić information content (AvgIpc) is 3.29. The lowest BCUT2D eigenvalue weighted by Crippen LogP contribution is -2.40. The van der Waals surface area contributed by atoms with Crippen molar-refractivity contribution in [1.29, 1.82) is 0 Å². The third-order valence-electron chi connectivity index (χ3n) is 4.76. The summed E-state index contributed by atoms with van der Waals surface area (Å²) in [5, 5.41) is 5.37. The molecule has 26 heavy (non-hydrogen) atoms. The second kappa shape index (κ2) is 5.81. The van der Waals surface area contributed by atoms with E-state index in [4.69, 9.17) is 0 Å². The number of carbonyl (C=O) groups excluding carboxylic acids is 3. The Balaban J connectivity index is 1.65. The molecule has 0 aliphatic carbocycles. The fourth-order valence-corrected chi connectivity index (χ4v) is 4.26. The second-order valence-electron chi connectivity index (χ2n) is 6.52. The number of imide groups is 1. The van der Waals surface area contributed by atoms with Crippen LogP contribution in [0.4, 0.5) is 4.79 Å². The summed E-state index contributed by atoms with van der Waals surface area (Å²) < 4.78 is 0.